The van der Waals surface area contributed by atoms with E-state index in [9.17, 15) is 4.79 Å². The molecule has 0 atom stereocenters. The zero-order chi connectivity index (χ0) is 20.3. The Bertz CT molecular complexity index is 987. The Labute approximate surface area is 187 Å². The standard InChI is InChI=1S/C22H26ClN3OS.ClH/c1-15-6-7-16(2)17(12-15)13-21(27)26(11-5-10-25(3)4)22-24-19-9-8-18(23)14-20(19)28-22;/h6-9,12,14H,5,10-11,13H2,1-4H3;1H. The predicted molar refractivity (Wildman–Crippen MR) is 127 cm³/mol. The van der Waals surface area contributed by atoms with Crippen LogP contribution < -0.4 is 4.90 Å². The van der Waals surface area contributed by atoms with E-state index in [2.05, 4.69) is 36.9 Å². The van der Waals surface area contributed by atoms with E-state index >= 15 is 0 Å². The number of amides is 1. The molecule has 0 aliphatic carbocycles. The Hall–Kier alpha value is -1.66. The van der Waals surface area contributed by atoms with Gasteiger partial charge in [0.2, 0.25) is 5.91 Å². The second kappa shape index (κ2) is 10.4. The summed E-state index contributed by atoms with van der Waals surface area (Å²) in [7, 11) is 4.09. The summed E-state index contributed by atoms with van der Waals surface area (Å²) in [5.74, 6) is 0.0811. The van der Waals surface area contributed by atoms with Crippen molar-refractivity contribution in [2.24, 2.45) is 0 Å². The van der Waals surface area contributed by atoms with E-state index in [0.29, 0.717) is 18.0 Å². The quantitative estimate of drug-likeness (QED) is 0.474. The molecule has 0 saturated heterocycles. The van der Waals surface area contributed by atoms with Gasteiger partial charge in [-0.05, 0) is 70.2 Å². The van der Waals surface area contributed by atoms with Crippen molar-refractivity contribution in [1.82, 2.24) is 9.88 Å². The molecule has 1 amide bonds. The van der Waals surface area contributed by atoms with Gasteiger partial charge in [-0.25, -0.2) is 4.98 Å². The lowest BCUT2D eigenvalue weighted by Gasteiger charge is -2.21. The van der Waals surface area contributed by atoms with Crippen molar-refractivity contribution in [3.05, 3.63) is 58.1 Å². The largest absolute Gasteiger partial charge is 0.309 e. The second-order valence-electron chi connectivity index (χ2n) is 7.42. The third-order valence-electron chi connectivity index (χ3n) is 4.70. The lowest BCUT2D eigenvalue weighted by atomic mass is 10.0. The number of rotatable bonds is 7. The van der Waals surface area contributed by atoms with Gasteiger partial charge in [0.25, 0.3) is 0 Å². The maximum Gasteiger partial charge on any atom is 0.233 e. The fourth-order valence-corrected chi connectivity index (χ4v) is 4.41. The predicted octanol–water partition coefficient (Wildman–Crippen LogP) is 5.52. The third kappa shape index (κ3) is 6.16. The summed E-state index contributed by atoms with van der Waals surface area (Å²) in [6.45, 7) is 5.68. The minimum atomic E-state index is 0. The number of nitrogens with zero attached hydrogens (tertiary/aromatic N) is 3. The molecule has 0 aliphatic rings. The molecule has 0 fully saturated rings. The highest BCUT2D eigenvalue weighted by molar-refractivity contribution is 7.22. The molecule has 0 spiro atoms. The van der Waals surface area contributed by atoms with E-state index < -0.39 is 0 Å². The van der Waals surface area contributed by atoms with Crippen LogP contribution in [-0.2, 0) is 11.2 Å². The Morgan fingerprint density at radius 1 is 1.10 bits per heavy atom. The number of aryl methyl sites for hydroxylation is 2. The van der Waals surface area contributed by atoms with Crippen molar-refractivity contribution in [3.63, 3.8) is 0 Å². The number of carbonyl (C=O) groups is 1. The van der Waals surface area contributed by atoms with Gasteiger partial charge < -0.3 is 4.90 Å². The van der Waals surface area contributed by atoms with Crippen molar-refractivity contribution in [2.45, 2.75) is 26.7 Å². The van der Waals surface area contributed by atoms with Crippen molar-refractivity contribution in [2.75, 3.05) is 32.1 Å². The summed E-state index contributed by atoms with van der Waals surface area (Å²) in [4.78, 5) is 21.9. The van der Waals surface area contributed by atoms with Gasteiger partial charge in [0.05, 0.1) is 16.6 Å². The average molecular weight is 452 g/mol. The van der Waals surface area contributed by atoms with E-state index in [4.69, 9.17) is 16.6 Å². The van der Waals surface area contributed by atoms with Crippen LogP contribution in [0.1, 0.15) is 23.1 Å². The third-order valence-corrected chi connectivity index (χ3v) is 5.98. The summed E-state index contributed by atoms with van der Waals surface area (Å²) in [6, 6.07) is 11.9. The van der Waals surface area contributed by atoms with Gasteiger partial charge in [-0.15, -0.1) is 12.4 Å². The normalized spacial score (nSPS) is 11.0. The van der Waals surface area contributed by atoms with Crippen LogP contribution in [0, 0.1) is 13.8 Å². The number of benzene rings is 2. The van der Waals surface area contributed by atoms with Crippen LogP contribution in [-0.4, -0.2) is 43.0 Å². The summed E-state index contributed by atoms with van der Waals surface area (Å²) < 4.78 is 1.000. The molecule has 1 heterocycles. The minimum absolute atomic E-state index is 0. The molecule has 156 valence electrons. The molecule has 29 heavy (non-hydrogen) atoms. The van der Waals surface area contributed by atoms with Gasteiger partial charge in [0.15, 0.2) is 5.13 Å². The van der Waals surface area contributed by atoms with E-state index in [1.807, 2.05) is 37.2 Å². The molecule has 1 aromatic heterocycles. The Balaban J connectivity index is 0.00000300. The van der Waals surface area contributed by atoms with Gasteiger partial charge in [0.1, 0.15) is 0 Å². The summed E-state index contributed by atoms with van der Waals surface area (Å²) in [6.07, 6.45) is 1.27. The monoisotopic (exact) mass is 451 g/mol. The number of carbonyl (C=O) groups excluding carboxylic acids is 1. The van der Waals surface area contributed by atoms with Crippen LogP contribution in [0.25, 0.3) is 10.2 Å². The van der Waals surface area contributed by atoms with Crippen LogP contribution in [0.15, 0.2) is 36.4 Å². The van der Waals surface area contributed by atoms with E-state index in [-0.39, 0.29) is 18.3 Å². The molecule has 0 saturated carbocycles. The first-order valence-electron chi connectivity index (χ1n) is 9.41. The van der Waals surface area contributed by atoms with Crippen LogP contribution in [0.3, 0.4) is 0 Å². The molecular weight excluding hydrogens is 425 g/mol. The van der Waals surface area contributed by atoms with Crippen molar-refractivity contribution < 1.29 is 4.79 Å². The molecular formula is C22H27Cl2N3OS. The Morgan fingerprint density at radius 3 is 2.59 bits per heavy atom. The number of anilines is 1. The maximum atomic E-state index is 13.2. The Kier molecular flexibility index (Phi) is 8.46. The van der Waals surface area contributed by atoms with Crippen molar-refractivity contribution in [3.8, 4) is 0 Å². The van der Waals surface area contributed by atoms with Gasteiger partial charge in [-0.3, -0.25) is 9.69 Å². The molecule has 4 nitrogen and oxygen atoms in total. The fourth-order valence-electron chi connectivity index (χ4n) is 3.12. The molecule has 2 aromatic carbocycles. The van der Waals surface area contributed by atoms with Crippen LogP contribution >= 0.6 is 35.3 Å². The van der Waals surface area contributed by atoms with Crippen molar-refractivity contribution >= 4 is 56.6 Å². The first-order chi connectivity index (χ1) is 13.3. The lowest BCUT2D eigenvalue weighted by Crippen LogP contribution is -2.34. The molecule has 0 N–H and O–H groups in total. The zero-order valence-corrected chi connectivity index (χ0v) is 19.6. The number of thiazole rings is 1. The summed E-state index contributed by atoms with van der Waals surface area (Å²) in [5.41, 5.74) is 4.26. The lowest BCUT2D eigenvalue weighted by molar-refractivity contribution is -0.118. The highest BCUT2D eigenvalue weighted by atomic mass is 35.5. The van der Waals surface area contributed by atoms with E-state index in [1.54, 1.807) is 0 Å². The molecule has 0 unspecified atom stereocenters. The molecule has 0 aliphatic heterocycles. The van der Waals surface area contributed by atoms with Gasteiger partial charge in [0, 0.05) is 11.6 Å². The minimum Gasteiger partial charge on any atom is -0.309 e. The maximum absolute atomic E-state index is 13.2. The van der Waals surface area contributed by atoms with Crippen molar-refractivity contribution in [1.29, 1.82) is 0 Å². The Morgan fingerprint density at radius 2 is 1.86 bits per heavy atom. The first-order valence-corrected chi connectivity index (χ1v) is 10.6. The molecule has 7 heteroatoms. The smallest absolute Gasteiger partial charge is 0.233 e. The highest BCUT2D eigenvalue weighted by Gasteiger charge is 2.20. The number of hydrogen-bond acceptors (Lipinski definition) is 4. The van der Waals surface area contributed by atoms with Crippen LogP contribution in [0.4, 0.5) is 5.13 Å². The molecule has 0 radical (unpaired) electrons. The van der Waals surface area contributed by atoms with E-state index in [1.165, 1.54) is 16.9 Å². The molecule has 0 bridgehead atoms. The SMILES string of the molecule is Cc1ccc(C)c(CC(=O)N(CCCN(C)C)c2nc3ccc(Cl)cc3s2)c1.Cl. The second-order valence-corrected chi connectivity index (χ2v) is 8.86. The van der Waals surface area contributed by atoms with Gasteiger partial charge in [-0.2, -0.15) is 0 Å². The number of hydrogen-bond donors (Lipinski definition) is 0. The van der Waals surface area contributed by atoms with Crippen LogP contribution in [0.2, 0.25) is 5.02 Å². The summed E-state index contributed by atoms with van der Waals surface area (Å²) >= 11 is 7.64. The molecule has 3 aromatic rings. The van der Waals surface area contributed by atoms with Gasteiger partial charge in [-0.1, -0.05) is 46.7 Å². The number of aromatic nitrogens is 1. The molecule has 3 rings (SSSR count). The number of fused-ring (bicyclic) bond motifs is 1. The summed E-state index contributed by atoms with van der Waals surface area (Å²) in [5, 5.41) is 1.43. The zero-order valence-electron chi connectivity index (χ0n) is 17.2. The first kappa shape index (κ1) is 23.6. The average Bonchev–Trinajstić information content (AvgIpc) is 3.04. The van der Waals surface area contributed by atoms with E-state index in [0.717, 1.165) is 39.4 Å². The van der Waals surface area contributed by atoms with Gasteiger partial charge >= 0.3 is 0 Å². The topological polar surface area (TPSA) is 36.4 Å². The highest BCUT2D eigenvalue weighted by Crippen LogP contribution is 2.31. The van der Waals surface area contributed by atoms with Crippen LogP contribution in [0.5, 0.6) is 0 Å². The fraction of sp³-hybridized carbons (Fsp3) is 0.364. The number of halogens is 2.